The number of aromatic nitrogens is 4. The van der Waals surface area contributed by atoms with Gasteiger partial charge in [-0.1, -0.05) is 11.2 Å². The summed E-state index contributed by atoms with van der Waals surface area (Å²) in [4.78, 5) is 15.8. The van der Waals surface area contributed by atoms with E-state index in [1.807, 2.05) is 6.92 Å². The molecule has 1 aromatic carbocycles. The Morgan fingerprint density at radius 2 is 2.00 bits per heavy atom. The van der Waals surface area contributed by atoms with E-state index in [0.29, 0.717) is 17.1 Å². The molecule has 2 aromatic heterocycles. The molecular formula is C20H24N6O. The number of hydrogen-bond acceptors (Lipinski definition) is 7. The van der Waals surface area contributed by atoms with Crippen LogP contribution in [0.25, 0.3) is 10.9 Å². The Morgan fingerprint density at radius 1 is 1.15 bits per heavy atom. The fraction of sp³-hybridized carbons (Fsp3) is 0.500. The summed E-state index contributed by atoms with van der Waals surface area (Å²) in [6.07, 6.45) is 5.82. The minimum atomic E-state index is 0.482. The van der Waals surface area contributed by atoms with Gasteiger partial charge in [-0.05, 0) is 57.0 Å². The molecule has 1 spiro atoms. The zero-order chi connectivity index (χ0) is 18.3. The van der Waals surface area contributed by atoms with Gasteiger partial charge in [-0.25, -0.2) is 9.97 Å². The molecule has 2 aliphatic rings. The lowest BCUT2D eigenvalue weighted by Gasteiger charge is -2.53. The molecule has 0 bridgehead atoms. The molecule has 140 valence electrons. The number of nitrogens with zero attached hydrogens (tertiary/aromatic N) is 5. The van der Waals surface area contributed by atoms with Crippen LogP contribution in [-0.4, -0.2) is 46.3 Å². The SMILES string of the molecule is Cc1noc(CCc2ccc3ncnc(N4CC5(CCNCC5)C4)c3c2)n1. The maximum atomic E-state index is 5.23. The number of nitrogens with one attached hydrogen (secondary N) is 1. The molecule has 0 unspecified atom stereocenters. The van der Waals surface area contributed by atoms with Crippen LogP contribution in [0.2, 0.25) is 0 Å². The maximum absolute atomic E-state index is 5.23. The van der Waals surface area contributed by atoms with E-state index < -0.39 is 0 Å². The van der Waals surface area contributed by atoms with Gasteiger partial charge in [0.15, 0.2) is 5.82 Å². The molecule has 4 heterocycles. The van der Waals surface area contributed by atoms with E-state index in [0.717, 1.165) is 55.7 Å². The summed E-state index contributed by atoms with van der Waals surface area (Å²) in [6.45, 7) is 6.32. The van der Waals surface area contributed by atoms with Crippen LogP contribution in [0.3, 0.4) is 0 Å². The van der Waals surface area contributed by atoms with Crippen molar-refractivity contribution >= 4 is 16.7 Å². The summed E-state index contributed by atoms with van der Waals surface area (Å²) in [5, 5.41) is 8.47. The normalized spacial score (nSPS) is 18.8. The van der Waals surface area contributed by atoms with Crippen molar-refractivity contribution in [3.05, 3.63) is 41.8 Å². The van der Waals surface area contributed by atoms with Gasteiger partial charge in [0.1, 0.15) is 12.1 Å². The molecule has 2 aliphatic heterocycles. The van der Waals surface area contributed by atoms with Crippen molar-refractivity contribution in [2.75, 3.05) is 31.1 Å². The highest BCUT2D eigenvalue weighted by molar-refractivity contribution is 5.90. The van der Waals surface area contributed by atoms with Crippen molar-refractivity contribution in [1.29, 1.82) is 0 Å². The Hall–Kier alpha value is -2.54. The molecular weight excluding hydrogens is 340 g/mol. The molecule has 0 radical (unpaired) electrons. The second-order valence-corrected chi connectivity index (χ2v) is 7.89. The lowest BCUT2D eigenvalue weighted by Crippen LogP contribution is -2.60. The van der Waals surface area contributed by atoms with Crippen LogP contribution in [0.1, 0.15) is 30.1 Å². The smallest absolute Gasteiger partial charge is 0.226 e. The topological polar surface area (TPSA) is 80.0 Å². The number of hydrogen-bond donors (Lipinski definition) is 1. The number of piperidine rings is 1. The third kappa shape index (κ3) is 3.16. The molecule has 3 aromatic rings. The van der Waals surface area contributed by atoms with Gasteiger partial charge < -0.3 is 14.7 Å². The van der Waals surface area contributed by atoms with Crippen molar-refractivity contribution in [2.24, 2.45) is 5.41 Å². The van der Waals surface area contributed by atoms with E-state index in [4.69, 9.17) is 4.52 Å². The van der Waals surface area contributed by atoms with Crippen molar-refractivity contribution in [1.82, 2.24) is 25.4 Å². The minimum Gasteiger partial charge on any atom is -0.355 e. The minimum absolute atomic E-state index is 0.482. The van der Waals surface area contributed by atoms with Crippen LogP contribution in [-0.2, 0) is 12.8 Å². The van der Waals surface area contributed by atoms with E-state index >= 15 is 0 Å². The van der Waals surface area contributed by atoms with Crippen molar-refractivity contribution in [3.8, 4) is 0 Å². The van der Waals surface area contributed by atoms with Crippen molar-refractivity contribution < 1.29 is 4.52 Å². The number of anilines is 1. The molecule has 2 saturated heterocycles. The van der Waals surface area contributed by atoms with Crippen molar-refractivity contribution in [2.45, 2.75) is 32.6 Å². The first-order valence-corrected chi connectivity index (χ1v) is 9.69. The van der Waals surface area contributed by atoms with Crippen LogP contribution in [0.4, 0.5) is 5.82 Å². The predicted octanol–water partition coefficient (Wildman–Crippen LogP) is 2.30. The van der Waals surface area contributed by atoms with Gasteiger partial charge in [0, 0.05) is 30.3 Å². The summed E-state index contributed by atoms with van der Waals surface area (Å²) < 4.78 is 5.23. The Morgan fingerprint density at radius 3 is 2.78 bits per heavy atom. The molecule has 0 amide bonds. The first-order chi connectivity index (χ1) is 13.2. The standard InChI is InChI=1S/C20H24N6O/c1-14-24-18(27-25-14)5-3-15-2-4-17-16(10-15)19(23-13-22-17)26-11-20(12-26)6-8-21-9-7-20/h2,4,10,13,21H,3,5-9,11-12H2,1H3. The van der Waals surface area contributed by atoms with Crippen LogP contribution < -0.4 is 10.2 Å². The Labute approximate surface area is 158 Å². The number of rotatable bonds is 4. The molecule has 0 saturated carbocycles. The maximum Gasteiger partial charge on any atom is 0.226 e. The highest BCUT2D eigenvalue weighted by Gasteiger charge is 2.44. The lowest BCUT2D eigenvalue weighted by atomic mass is 9.72. The monoisotopic (exact) mass is 364 g/mol. The molecule has 7 heteroatoms. The number of fused-ring (bicyclic) bond motifs is 1. The molecule has 0 atom stereocenters. The van der Waals surface area contributed by atoms with Gasteiger partial charge in [-0.3, -0.25) is 0 Å². The van der Waals surface area contributed by atoms with E-state index in [9.17, 15) is 0 Å². The van der Waals surface area contributed by atoms with Crippen LogP contribution >= 0.6 is 0 Å². The summed E-state index contributed by atoms with van der Waals surface area (Å²) >= 11 is 0. The highest BCUT2D eigenvalue weighted by Crippen LogP contribution is 2.42. The number of benzene rings is 1. The average molecular weight is 364 g/mol. The molecule has 5 rings (SSSR count). The van der Waals surface area contributed by atoms with Gasteiger partial charge in [0.05, 0.1) is 5.52 Å². The zero-order valence-electron chi connectivity index (χ0n) is 15.6. The molecule has 27 heavy (non-hydrogen) atoms. The van der Waals surface area contributed by atoms with Crippen molar-refractivity contribution in [3.63, 3.8) is 0 Å². The molecule has 2 fully saturated rings. The quantitative estimate of drug-likeness (QED) is 0.761. The summed E-state index contributed by atoms with van der Waals surface area (Å²) in [6, 6.07) is 6.45. The third-order valence-electron chi connectivity index (χ3n) is 5.89. The Kier molecular flexibility index (Phi) is 4.04. The van der Waals surface area contributed by atoms with E-state index in [2.05, 4.69) is 48.5 Å². The second kappa shape index (κ2) is 6.56. The largest absolute Gasteiger partial charge is 0.355 e. The molecule has 0 aliphatic carbocycles. The van der Waals surface area contributed by atoms with E-state index in [-0.39, 0.29) is 0 Å². The van der Waals surface area contributed by atoms with Crippen LogP contribution in [0.15, 0.2) is 29.0 Å². The van der Waals surface area contributed by atoms with Crippen LogP contribution in [0.5, 0.6) is 0 Å². The molecule has 1 N–H and O–H groups in total. The molecule has 7 nitrogen and oxygen atoms in total. The zero-order valence-corrected chi connectivity index (χ0v) is 15.6. The van der Waals surface area contributed by atoms with E-state index in [1.54, 1.807) is 6.33 Å². The van der Waals surface area contributed by atoms with Gasteiger partial charge in [0.25, 0.3) is 0 Å². The fourth-order valence-electron chi connectivity index (χ4n) is 4.38. The number of aryl methyl sites for hydroxylation is 3. The van der Waals surface area contributed by atoms with Gasteiger partial charge in [-0.15, -0.1) is 0 Å². The Bertz CT molecular complexity index is 954. The lowest BCUT2D eigenvalue weighted by molar-refractivity contribution is 0.149. The average Bonchev–Trinajstić information content (AvgIpc) is 3.10. The summed E-state index contributed by atoms with van der Waals surface area (Å²) in [5.41, 5.74) is 2.73. The van der Waals surface area contributed by atoms with Gasteiger partial charge >= 0.3 is 0 Å². The predicted molar refractivity (Wildman–Crippen MR) is 103 cm³/mol. The van der Waals surface area contributed by atoms with Gasteiger partial charge in [0.2, 0.25) is 5.89 Å². The van der Waals surface area contributed by atoms with E-state index in [1.165, 1.54) is 18.4 Å². The first kappa shape index (κ1) is 16.6. The summed E-state index contributed by atoms with van der Waals surface area (Å²) in [7, 11) is 0. The fourth-order valence-corrected chi connectivity index (χ4v) is 4.38. The summed E-state index contributed by atoms with van der Waals surface area (Å²) in [5.74, 6) is 2.44. The first-order valence-electron chi connectivity index (χ1n) is 9.69. The third-order valence-corrected chi connectivity index (χ3v) is 5.89. The van der Waals surface area contributed by atoms with Gasteiger partial charge in [-0.2, -0.15) is 4.98 Å². The second-order valence-electron chi connectivity index (χ2n) is 7.89. The Balaban J connectivity index is 1.36. The van der Waals surface area contributed by atoms with Crippen LogP contribution in [0, 0.1) is 12.3 Å². The highest BCUT2D eigenvalue weighted by atomic mass is 16.5.